The number of ether oxygens (including phenoxy) is 1. The molecule has 1 amide bonds. The van der Waals surface area contributed by atoms with Gasteiger partial charge in [-0.15, -0.1) is 0 Å². The molecule has 1 N–H and O–H groups in total. The van der Waals surface area contributed by atoms with Crippen LogP contribution < -0.4 is 10.1 Å². The van der Waals surface area contributed by atoms with Crippen LogP contribution in [0.5, 0.6) is 5.75 Å². The Hall–Kier alpha value is -1.84. The van der Waals surface area contributed by atoms with Gasteiger partial charge >= 0.3 is 5.97 Å². The molecule has 0 spiro atoms. The number of anilines is 1. The lowest BCUT2D eigenvalue weighted by Crippen LogP contribution is -2.27. The van der Waals surface area contributed by atoms with Gasteiger partial charge in [-0.05, 0) is 12.1 Å². The molecule has 0 unspecified atom stereocenters. The average Bonchev–Trinajstić information content (AvgIpc) is 2.15. The van der Waals surface area contributed by atoms with Crippen LogP contribution in [0.15, 0.2) is 24.3 Å². The van der Waals surface area contributed by atoms with E-state index >= 15 is 0 Å². The van der Waals surface area contributed by atoms with Gasteiger partial charge < -0.3 is 10.1 Å². The van der Waals surface area contributed by atoms with Gasteiger partial charge in [-0.25, -0.2) is 0 Å². The third kappa shape index (κ3) is 4.26. The summed E-state index contributed by atoms with van der Waals surface area (Å²) < 4.78 is 4.93. The number of rotatable bonds is 2. The van der Waals surface area contributed by atoms with Crippen molar-refractivity contribution in [3.63, 3.8) is 0 Å². The maximum Gasteiger partial charge on any atom is 0.308 e. The van der Waals surface area contributed by atoms with Crippen LogP contribution in [-0.4, -0.2) is 11.9 Å². The third-order valence-corrected chi connectivity index (χ3v) is 2.03. The highest BCUT2D eigenvalue weighted by Gasteiger charge is 2.21. The fourth-order valence-corrected chi connectivity index (χ4v) is 1.12. The van der Waals surface area contributed by atoms with Crippen molar-refractivity contribution >= 4 is 17.6 Å². The summed E-state index contributed by atoms with van der Waals surface area (Å²) in [7, 11) is 0. The Balaban J connectivity index is 2.79. The van der Waals surface area contributed by atoms with Crippen LogP contribution in [0.4, 0.5) is 5.69 Å². The molecule has 0 aromatic heterocycles. The van der Waals surface area contributed by atoms with Gasteiger partial charge in [0, 0.05) is 24.1 Å². The molecule has 0 radical (unpaired) electrons. The molecular weight excluding hydrogens is 218 g/mol. The lowest BCUT2D eigenvalue weighted by Gasteiger charge is -2.17. The van der Waals surface area contributed by atoms with Gasteiger partial charge in [-0.2, -0.15) is 0 Å². The Morgan fingerprint density at radius 1 is 1.24 bits per heavy atom. The van der Waals surface area contributed by atoms with Crippen LogP contribution in [0.1, 0.15) is 27.7 Å². The van der Waals surface area contributed by atoms with E-state index in [9.17, 15) is 9.59 Å². The van der Waals surface area contributed by atoms with Crippen molar-refractivity contribution in [3.8, 4) is 5.75 Å². The van der Waals surface area contributed by atoms with E-state index in [4.69, 9.17) is 4.74 Å². The van der Waals surface area contributed by atoms with Crippen LogP contribution in [-0.2, 0) is 9.59 Å². The van der Waals surface area contributed by atoms with Crippen LogP contribution in [0.2, 0.25) is 0 Å². The normalized spacial score (nSPS) is 10.8. The van der Waals surface area contributed by atoms with E-state index in [1.165, 1.54) is 6.92 Å². The lowest BCUT2D eigenvalue weighted by atomic mass is 9.95. The molecular formula is C13H17NO3. The van der Waals surface area contributed by atoms with Crippen molar-refractivity contribution in [2.45, 2.75) is 27.7 Å². The van der Waals surface area contributed by atoms with Crippen LogP contribution in [0, 0.1) is 5.41 Å². The smallest absolute Gasteiger partial charge is 0.308 e. The summed E-state index contributed by atoms with van der Waals surface area (Å²) in [5.74, 6) is -0.0500. The number of benzene rings is 1. The molecule has 0 aliphatic heterocycles. The fourth-order valence-electron chi connectivity index (χ4n) is 1.12. The molecule has 1 aromatic carbocycles. The minimum atomic E-state index is -0.461. The largest absolute Gasteiger partial charge is 0.427 e. The van der Waals surface area contributed by atoms with Gasteiger partial charge in [0.2, 0.25) is 5.91 Å². The second kappa shape index (κ2) is 4.99. The van der Waals surface area contributed by atoms with Crippen molar-refractivity contribution in [2.75, 3.05) is 5.32 Å². The van der Waals surface area contributed by atoms with Crippen molar-refractivity contribution in [2.24, 2.45) is 5.41 Å². The topological polar surface area (TPSA) is 55.4 Å². The van der Waals surface area contributed by atoms with Gasteiger partial charge in [0.05, 0.1) is 0 Å². The summed E-state index contributed by atoms with van der Waals surface area (Å²) in [5, 5.41) is 2.77. The van der Waals surface area contributed by atoms with E-state index < -0.39 is 5.41 Å². The molecule has 0 bridgehead atoms. The van der Waals surface area contributed by atoms with Crippen LogP contribution in [0.3, 0.4) is 0 Å². The Morgan fingerprint density at radius 2 is 1.88 bits per heavy atom. The SMILES string of the molecule is CC(=O)Oc1cccc(NC(=O)C(C)(C)C)c1. The molecule has 0 fully saturated rings. The first-order chi connectivity index (χ1) is 7.79. The van der Waals surface area contributed by atoms with Crippen molar-refractivity contribution < 1.29 is 14.3 Å². The van der Waals surface area contributed by atoms with E-state index in [-0.39, 0.29) is 11.9 Å². The number of carbonyl (C=O) groups excluding carboxylic acids is 2. The van der Waals surface area contributed by atoms with Crippen LogP contribution in [0.25, 0.3) is 0 Å². The summed E-state index contributed by atoms with van der Waals surface area (Å²) >= 11 is 0. The maximum atomic E-state index is 11.7. The highest BCUT2D eigenvalue weighted by Crippen LogP contribution is 2.21. The monoisotopic (exact) mass is 235 g/mol. The molecule has 0 heterocycles. The molecule has 0 saturated carbocycles. The van der Waals surface area contributed by atoms with E-state index in [1.807, 2.05) is 20.8 Å². The van der Waals surface area contributed by atoms with E-state index in [0.717, 1.165) is 0 Å². The second-order valence-corrected chi connectivity index (χ2v) is 4.83. The average molecular weight is 235 g/mol. The highest BCUT2D eigenvalue weighted by atomic mass is 16.5. The van der Waals surface area contributed by atoms with Gasteiger partial charge in [-0.3, -0.25) is 9.59 Å². The number of nitrogens with one attached hydrogen (secondary N) is 1. The molecule has 92 valence electrons. The Labute approximate surface area is 101 Å². The minimum Gasteiger partial charge on any atom is -0.427 e. The zero-order valence-electron chi connectivity index (χ0n) is 10.5. The van der Waals surface area contributed by atoms with Gasteiger partial charge in [0.15, 0.2) is 0 Å². The van der Waals surface area contributed by atoms with Gasteiger partial charge in [0.1, 0.15) is 5.75 Å². The van der Waals surface area contributed by atoms with E-state index in [0.29, 0.717) is 11.4 Å². The first kappa shape index (κ1) is 13.2. The van der Waals surface area contributed by atoms with E-state index in [2.05, 4.69) is 5.32 Å². The number of hydrogen-bond donors (Lipinski definition) is 1. The number of esters is 1. The quantitative estimate of drug-likeness (QED) is 0.633. The Bertz CT molecular complexity index is 433. The summed E-state index contributed by atoms with van der Waals surface area (Å²) in [6.45, 7) is 6.83. The first-order valence-corrected chi connectivity index (χ1v) is 5.39. The number of carbonyl (C=O) groups is 2. The second-order valence-electron chi connectivity index (χ2n) is 4.83. The summed E-state index contributed by atoms with van der Waals surface area (Å²) in [5.41, 5.74) is 0.154. The zero-order chi connectivity index (χ0) is 13.1. The highest BCUT2D eigenvalue weighted by molar-refractivity contribution is 5.94. The molecule has 1 rings (SSSR count). The molecule has 0 aliphatic carbocycles. The van der Waals surface area contributed by atoms with Gasteiger partial charge in [0.25, 0.3) is 0 Å². The number of amides is 1. The summed E-state index contributed by atoms with van der Waals surface area (Å²) in [4.78, 5) is 22.5. The molecule has 0 atom stereocenters. The Kier molecular flexibility index (Phi) is 3.89. The van der Waals surface area contributed by atoms with Gasteiger partial charge in [-0.1, -0.05) is 26.8 Å². The van der Waals surface area contributed by atoms with Crippen LogP contribution >= 0.6 is 0 Å². The van der Waals surface area contributed by atoms with Crippen molar-refractivity contribution in [3.05, 3.63) is 24.3 Å². The molecule has 17 heavy (non-hydrogen) atoms. The predicted molar refractivity (Wildman–Crippen MR) is 65.8 cm³/mol. The fraction of sp³-hybridized carbons (Fsp3) is 0.385. The summed E-state index contributed by atoms with van der Waals surface area (Å²) in [6.07, 6.45) is 0. The molecule has 4 heteroatoms. The Morgan fingerprint density at radius 3 is 2.41 bits per heavy atom. The molecule has 4 nitrogen and oxygen atoms in total. The lowest BCUT2D eigenvalue weighted by molar-refractivity contribution is -0.131. The minimum absolute atomic E-state index is 0.0857. The molecule has 0 aliphatic rings. The first-order valence-electron chi connectivity index (χ1n) is 5.39. The molecule has 0 saturated heterocycles. The van der Waals surface area contributed by atoms with Crippen molar-refractivity contribution in [1.82, 2.24) is 0 Å². The zero-order valence-corrected chi connectivity index (χ0v) is 10.5. The van der Waals surface area contributed by atoms with E-state index in [1.54, 1.807) is 24.3 Å². The predicted octanol–water partition coefficient (Wildman–Crippen LogP) is 2.60. The third-order valence-electron chi connectivity index (χ3n) is 2.03. The number of hydrogen-bond acceptors (Lipinski definition) is 3. The van der Waals surface area contributed by atoms with Crippen molar-refractivity contribution in [1.29, 1.82) is 0 Å². The molecule has 1 aromatic rings. The standard InChI is InChI=1S/C13H17NO3/c1-9(15)17-11-7-5-6-10(8-11)14-12(16)13(2,3)4/h5-8H,1-4H3,(H,14,16). The maximum absolute atomic E-state index is 11.7. The summed E-state index contributed by atoms with van der Waals surface area (Å²) in [6, 6.07) is 6.74.